The fraction of sp³-hybridized carbons (Fsp3) is 0.600. The lowest BCUT2D eigenvalue weighted by atomic mass is 10.3. The van der Waals surface area contributed by atoms with Crippen LogP contribution in [0.4, 0.5) is 5.82 Å². The van der Waals surface area contributed by atoms with Crippen molar-refractivity contribution in [1.29, 1.82) is 0 Å². The standard InChI is InChI=1S/C10H15N3O/c1-7-9(11-2)12-6-13-10(7)14-5-8-3-4-8/h6,8H,3-5H2,1-2H3,(H,11,12,13). The smallest absolute Gasteiger partial charge is 0.221 e. The Hall–Kier alpha value is -1.32. The molecule has 2 rings (SSSR count). The van der Waals surface area contributed by atoms with Gasteiger partial charge in [0.05, 0.1) is 12.2 Å². The van der Waals surface area contributed by atoms with E-state index in [1.165, 1.54) is 19.2 Å². The van der Waals surface area contributed by atoms with Crippen LogP contribution in [0.15, 0.2) is 6.33 Å². The summed E-state index contributed by atoms with van der Waals surface area (Å²) in [4.78, 5) is 8.21. The summed E-state index contributed by atoms with van der Waals surface area (Å²) in [7, 11) is 1.85. The molecule has 1 aromatic rings. The molecular formula is C10H15N3O. The molecule has 1 fully saturated rings. The summed E-state index contributed by atoms with van der Waals surface area (Å²) >= 11 is 0. The molecule has 0 atom stereocenters. The van der Waals surface area contributed by atoms with E-state index in [0.29, 0.717) is 5.88 Å². The zero-order chi connectivity index (χ0) is 9.97. The molecule has 0 spiro atoms. The van der Waals surface area contributed by atoms with Crippen LogP contribution in [0.25, 0.3) is 0 Å². The third-order valence-corrected chi connectivity index (χ3v) is 2.43. The van der Waals surface area contributed by atoms with Gasteiger partial charge in [-0.25, -0.2) is 9.97 Å². The Bertz CT molecular complexity index is 323. The van der Waals surface area contributed by atoms with Crippen molar-refractivity contribution in [2.45, 2.75) is 19.8 Å². The second-order valence-electron chi connectivity index (χ2n) is 3.66. The van der Waals surface area contributed by atoms with E-state index in [-0.39, 0.29) is 0 Å². The van der Waals surface area contributed by atoms with Crippen molar-refractivity contribution in [3.05, 3.63) is 11.9 Å². The summed E-state index contributed by atoms with van der Waals surface area (Å²) in [5.41, 5.74) is 0.982. The van der Waals surface area contributed by atoms with E-state index in [1.807, 2.05) is 14.0 Å². The number of hydrogen-bond acceptors (Lipinski definition) is 4. The van der Waals surface area contributed by atoms with Gasteiger partial charge in [-0.15, -0.1) is 0 Å². The van der Waals surface area contributed by atoms with Gasteiger partial charge in [0.15, 0.2) is 0 Å². The van der Waals surface area contributed by atoms with Gasteiger partial charge in [0.1, 0.15) is 12.1 Å². The summed E-state index contributed by atoms with van der Waals surface area (Å²) in [5, 5.41) is 3.01. The molecule has 0 radical (unpaired) electrons. The van der Waals surface area contributed by atoms with Crippen molar-refractivity contribution >= 4 is 5.82 Å². The van der Waals surface area contributed by atoms with Gasteiger partial charge in [0.25, 0.3) is 0 Å². The zero-order valence-electron chi connectivity index (χ0n) is 8.58. The highest BCUT2D eigenvalue weighted by Gasteiger charge is 2.22. The summed E-state index contributed by atoms with van der Waals surface area (Å²) in [6.45, 7) is 2.76. The van der Waals surface area contributed by atoms with Crippen LogP contribution in [0.3, 0.4) is 0 Å². The van der Waals surface area contributed by atoms with E-state index in [2.05, 4.69) is 15.3 Å². The highest BCUT2D eigenvalue weighted by molar-refractivity contribution is 5.46. The van der Waals surface area contributed by atoms with E-state index in [1.54, 1.807) is 0 Å². The third-order valence-electron chi connectivity index (χ3n) is 2.43. The van der Waals surface area contributed by atoms with Crippen molar-refractivity contribution in [2.24, 2.45) is 5.92 Å². The van der Waals surface area contributed by atoms with E-state index in [9.17, 15) is 0 Å². The van der Waals surface area contributed by atoms with Crippen LogP contribution in [-0.4, -0.2) is 23.6 Å². The Morgan fingerprint density at radius 3 is 2.93 bits per heavy atom. The topological polar surface area (TPSA) is 47.0 Å². The zero-order valence-corrected chi connectivity index (χ0v) is 8.58. The fourth-order valence-corrected chi connectivity index (χ4v) is 1.31. The first-order chi connectivity index (χ1) is 6.81. The first-order valence-electron chi connectivity index (χ1n) is 4.93. The van der Waals surface area contributed by atoms with Crippen LogP contribution in [0, 0.1) is 12.8 Å². The van der Waals surface area contributed by atoms with E-state index >= 15 is 0 Å². The molecule has 0 aliphatic heterocycles. The highest BCUT2D eigenvalue weighted by atomic mass is 16.5. The van der Waals surface area contributed by atoms with Crippen LogP contribution in [-0.2, 0) is 0 Å². The van der Waals surface area contributed by atoms with E-state index in [4.69, 9.17) is 4.74 Å². The van der Waals surface area contributed by atoms with Gasteiger partial charge >= 0.3 is 0 Å². The number of hydrogen-bond donors (Lipinski definition) is 1. The van der Waals surface area contributed by atoms with Gasteiger partial charge in [-0.05, 0) is 25.7 Å². The molecule has 1 aromatic heterocycles. The molecule has 0 aromatic carbocycles. The maximum absolute atomic E-state index is 5.61. The minimum atomic E-state index is 0.705. The van der Waals surface area contributed by atoms with Crippen molar-refractivity contribution in [3.63, 3.8) is 0 Å². The number of aromatic nitrogens is 2. The largest absolute Gasteiger partial charge is 0.477 e. The summed E-state index contributed by atoms with van der Waals surface area (Å²) < 4.78 is 5.61. The molecule has 1 aliphatic carbocycles. The monoisotopic (exact) mass is 193 g/mol. The normalized spacial score (nSPS) is 15.3. The second-order valence-corrected chi connectivity index (χ2v) is 3.66. The van der Waals surface area contributed by atoms with Gasteiger partial charge in [0.2, 0.25) is 5.88 Å². The maximum atomic E-state index is 5.61. The minimum Gasteiger partial charge on any atom is -0.477 e. The van der Waals surface area contributed by atoms with Crippen molar-refractivity contribution < 1.29 is 4.74 Å². The van der Waals surface area contributed by atoms with Gasteiger partial charge < -0.3 is 10.1 Å². The summed E-state index contributed by atoms with van der Waals surface area (Å²) in [6.07, 6.45) is 4.12. The number of nitrogens with zero attached hydrogens (tertiary/aromatic N) is 2. The first-order valence-corrected chi connectivity index (χ1v) is 4.93. The van der Waals surface area contributed by atoms with Gasteiger partial charge in [-0.1, -0.05) is 0 Å². The summed E-state index contributed by atoms with van der Waals surface area (Å²) in [5.74, 6) is 2.30. The summed E-state index contributed by atoms with van der Waals surface area (Å²) in [6, 6.07) is 0. The number of rotatable bonds is 4. The number of nitrogens with one attached hydrogen (secondary N) is 1. The van der Waals surface area contributed by atoms with Crippen molar-refractivity contribution in [1.82, 2.24) is 9.97 Å². The molecular weight excluding hydrogens is 178 g/mol. The van der Waals surface area contributed by atoms with Gasteiger partial charge in [-0.2, -0.15) is 0 Å². The Balaban J connectivity index is 2.06. The predicted molar refractivity (Wildman–Crippen MR) is 54.5 cm³/mol. The molecule has 0 unspecified atom stereocenters. The molecule has 4 heteroatoms. The third kappa shape index (κ3) is 1.95. The first kappa shape index (κ1) is 9.24. The lowest BCUT2D eigenvalue weighted by Crippen LogP contribution is -2.05. The molecule has 4 nitrogen and oxygen atoms in total. The van der Waals surface area contributed by atoms with Crippen molar-refractivity contribution in [3.8, 4) is 5.88 Å². The van der Waals surface area contributed by atoms with E-state index < -0.39 is 0 Å². The molecule has 1 saturated carbocycles. The molecule has 1 N–H and O–H groups in total. The van der Waals surface area contributed by atoms with Crippen LogP contribution in [0.5, 0.6) is 5.88 Å². The Kier molecular flexibility index (Phi) is 2.52. The number of ether oxygens (including phenoxy) is 1. The van der Waals surface area contributed by atoms with Gasteiger partial charge in [0, 0.05) is 7.05 Å². The van der Waals surface area contributed by atoms with Crippen molar-refractivity contribution in [2.75, 3.05) is 19.0 Å². The average Bonchev–Trinajstić information content (AvgIpc) is 3.00. The lowest BCUT2D eigenvalue weighted by molar-refractivity contribution is 0.286. The highest BCUT2D eigenvalue weighted by Crippen LogP contribution is 2.30. The Morgan fingerprint density at radius 1 is 1.50 bits per heavy atom. The Labute approximate surface area is 83.7 Å². The quantitative estimate of drug-likeness (QED) is 0.789. The molecule has 0 amide bonds. The fourth-order valence-electron chi connectivity index (χ4n) is 1.31. The Morgan fingerprint density at radius 2 is 2.29 bits per heavy atom. The van der Waals surface area contributed by atoms with Crippen LogP contribution < -0.4 is 10.1 Å². The molecule has 76 valence electrons. The molecule has 14 heavy (non-hydrogen) atoms. The molecule has 1 aliphatic rings. The van der Waals surface area contributed by atoms with Crippen LogP contribution in [0.2, 0.25) is 0 Å². The molecule has 0 bridgehead atoms. The average molecular weight is 193 g/mol. The van der Waals surface area contributed by atoms with Gasteiger partial charge in [-0.3, -0.25) is 0 Å². The minimum absolute atomic E-state index is 0.705. The van der Waals surface area contributed by atoms with Crippen LogP contribution >= 0.6 is 0 Å². The SMILES string of the molecule is CNc1ncnc(OCC2CC2)c1C. The second kappa shape index (κ2) is 3.82. The number of anilines is 1. The lowest BCUT2D eigenvalue weighted by Gasteiger charge is -2.09. The predicted octanol–water partition coefficient (Wildman–Crippen LogP) is 1.62. The van der Waals surface area contributed by atoms with Crippen LogP contribution in [0.1, 0.15) is 18.4 Å². The van der Waals surface area contributed by atoms with E-state index in [0.717, 1.165) is 23.9 Å². The molecule has 0 saturated heterocycles. The maximum Gasteiger partial charge on any atom is 0.221 e. The molecule has 1 heterocycles.